The van der Waals surface area contributed by atoms with E-state index in [1.807, 2.05) is 0 Å². The van der Waals surface area contributed by atoms with Gasteiger partial charge in [0, 0.05) is 0 Å². The molecule has 0 radical (unpaired) electrons. The molecule has 1 atom stereocenters. The van der Waals surface area contributed by atoms with Crippen molar-refractivity contribution in [2.45, 2.75) is 19.4 Å². The summed E-state index contributed by atoms with van der Waals surface area (Å²) in [5.41, 5.74) is 2.20. The van der Waals surface area contributed by atoms with Crippen molar-refractivity contribution in [2.75, 3.05) is 6.61 Å². The average molecular weight is 124 g/mol. The Bertz CT molecular complexity index is 147. The summed E-state index contributed by atoms with van der Waals surface area (Å²) < 4.78 is 5.30. The van der Waals surface area contributed by atoms with Crippen LogP contribution in [0.5, 0.6) is 0 Å². The molecular formula is C8H12O. The van der Waals surface area contributed by atoms with Crippen LogP contribution in [-0.2, 0) is 4.74 Å². The second-order valence-electron chi connectivity index (χ2n) is 2.53. The lowest BCUT2D eigenvalue weighted by molar-refractivity contribution is 0.0714. The quantitative estimate of drug-likeness (QED) is 0.479. The summed E-state index contributed by atoms with van der Waals surface area (Å²) in [6, 6.07) is 0. The third-order valence-corrected chi connectivity index (χ3v) is 1.58. The van der Waals surface area contributed by atoms with E-state index in [1.165, 1.54) is 0 Å². The second-order valence-corrected chi connectivity index (χ2v) is 2.53. The van der Waals surface area contributed by atoms with Crippen molar-refractivity contribution >= 4 is 0 Å². The Morgan fingerprint density at radius 3 is 2.56 bits per heavy atom. The fourth-order valence-electron chi connectivity index (χ4n) is 0.895. The highest BCUT2D eigenvalue weighted by molar-refractivity contribution is 5.27. The first-order valence-electron chi connectivity index (χ1n) is 3.17. The molecule has 1 unspecified atom stereocenters. The average Bonchev–Trinajstić information content (AvgIpc) is 1.80. The van der Waals surface area contributed by atoms with E-state index in [-0.39, 0.29) is 0 Å². The van der Waals surface area contributed by atoms with Crippen molar-refractivity contribution in [1.82, 2.24) is 0 Å². The largest absolute Gasteiger partial charge is 0.373 e. The van der Waals surface area contributed by atoms with Crippen LogP contribution in [-0.4, -0.2) is 12.7 Å². The summed E-state index contributed by atoms with van der Waals surface area (Å²) in [6.07, 6.45) is 1.28. The first-order chi connectivity index (χ1) is 4.20. The number of ether oxygens (including phenoxy) is 1. The molecule has 0 amide bonds. The van der Waals surface area contributed by atoms with E-state index in [1.54, 1.807) is 0 Å². The highest BCUT2D eigenvalue weighted by Gasteiger charge is 2.13. The highest BCUT2D eigenvalue weighted by Crippen LogP contribution is 2.20. The minimum Gasteiger partial charge on any atom is -0.373 e. The zero-order valence-electron chi connectivity index (χ0n) is 5.81. The fraction of sp³-hybridized carbons (Fsp3) is 0.500. The Morgan fingerprint density at radius 1 is 1.44 bits per heavy atom. The third-order valence-electron chi connectivity index (χ3n) is 1.58. The molecule has 1 aliphatic heterocycles. The lowest BCUT2D eigenvalue weighted by atomic mass is 10.0. The van der Waals surface area contributed by atoms with Gasteiger partial charge in [0.1, 0.15) is 0 Å². The molecule has 0 spiro atoms. The van der Waals surface area contributed by atoms with Crippen LogP contribution in [0.3, 0.4) is 0 Å². The van der Waals surface area contributed by atoms with Gasteiger partial charge in [-0.15, -0.1) is 0 Å². The van der Waals surface area contributed by atoms with Crippen molar-refractivity contribution in [1.29, 1.82) is 0 Å². The molecule has 0 aromatic rings. The van der Waals surface area contributed by atoms with E-state index in [0.29, 0.717) is 12.7 Å². The lowest BCUT2D eigenvalue weighted by Crippen LogP contribution is -2.18. The molecule has 1 fully saturated rings. The van der Waals surface area contributed by atoms with E-state index in [0.717, 1.165) is 17.6 Å². The van der Waals surface area contributed by atoms with Crippen LogP contribution in [0.25, 0.3) is 0 Å². The summed E-state index contributed by atoms with van der Waals surface area (Å²) in [5, 5.41) is 0. The third kappa shape index (κ3) is 1.42. The van der Waals surface area contributed by atoms with Gasteiger partial charge in [0.2, 0.25) is 0 Å². The van der Waals surface area contributed by atoms with Gasteiger partial charge in [0.25, 0.3) is 0 Å². The SMILES string of the molecule is C=C1COC(C)CC1=C. The molecule has 1 rings (SSSR count). The van der Waals surface area contributed by atoms with Gasteiger partial charge < -0.3 is 4.74 Å². The minimum absolute atomic E-state index is 0.336. The van der Waals surface area contributed by atoms with Crippen molar-refractivity contribution in [3.8, 4) is 0 Å². The molecule has 0 aromatic heterocycles. The Hall–Kier alpha value is -0.560. The molecule has 0 aromatic carbocycles. The van der Waals surface area contributed by atoms with Crippen molar-refractivity contribution < 1.29 is 4.74 Å². The standard InChI is InChI=1S/C8H12O/c1-6-4-8(3)9-5-7(6)2/h8H,1-2,4-5H2,3H3. The first kappa shape index (κ1) is 6.56. The van der Waals surface area contributed by atoms with Gasteiger partial charge in [-0.1, -0.05) is 13.2 Å². The van der Waals surface area contributed by atoms with Gasteiger partial charge in [-0.25, -0.2) is 0 Å². The fourth-order valence-corrected chi connectivity index (χ4v) is 0.895. The van der Waals surface area contributed by atoms with Crippen LogP contribution in [0.2, 0.25) is 0 Å². The maximum atomic E-state index is 5.30. The van der Waals surface area contributed by atoms with Gasteiger partial charge in [-0.3, -0.25) is 0 Å². The maximum absolute atomic E-state index is 5.30. The molecule has 0 bridgehead atoms. The normalized spacial score (nSPS) is 28.8. The van der Waals surface area contributed by atoms with E-state index in [2.05, 4.69) is 20.1 Å². The second kappa shape index (κ2) is 2.36. The molecule has 1 saturated heterocycles. The van der Waals surface area contributed by atoms with Crippen LogP contribution in [0, 0.1) is 0 Å². The minimum atomic E-state index is 0.336. The van der Waals surface area contributed by atoms with Crippen LogP contribution in [0.4, 0.5) is 0 Å². The molecule has 1 heterocycles. The summed E-state index contributed by atoms with van der Waals surface area (Å²) in [5.74, 6) is 0. The molecular weight excluding hydrogens is 112 g/mol. The molecule has 0 N–H and O–H groups in total. The van der Waals surface area contributed by atoms with Crippen LogP contribution < -0.4 is 0 Å². The Balaban J connectivity index is 2.54. The zero-order valence-corrected chi connectivity index (χ0v) is 5.81. The Labute approximate surface area is 56.0 Å². The predicted octanol–water partition coefficient (Wildman–Crippen LogP) is 1.91. The van der Waals surface area contributed by atoms with Gasteiger partial charge in [0.15, 0.2) is 0 Å². The predicted molar refractivity (Wildman–Crippen MR) is 38.3 cm³/mol. The molecule has 0 saturated carbocycles. The summed E-state index contributed by atoms with van der Waals surface area (Å²) in [7, 11) is 0. The monoisotopic (exact) mass is 124 g/mol. The van der Waals surface area contributed by atoms with Gasteiger partial charge >= 0.3 is 0 Å². The van der Waals surface area contributed by atoms with Crippen molar-refractivity contribution in [3.05, 3.63) is 24.3 Å². The van der Waals surface area contributed by atoms with Crippen LogP contribution in [0.15, 0.2) is 24.3 Å². The number of rotatable bonds is 0. The highest BCUT2D eigenvalue weighted by atomic mass is 16.5. The molecule has 1 nitrogen and oxygen atoms in total. The molecule has 1 heteroatoms. The molecule has 0 aliphatic carbocycles. The van der Waals surface area contributed by atoms with Gasteiger partial charge in [-0.2, -0.15) is 0 Å². The van der Waals surface area contributed by atoms with E-state index in [4.69, 9.17) is 4.74 Å². The smallest absolute Gasteiger partial charge is 0.0717 e. The first-order valence-corrected chi connectivity index (χ1v) is 3.17. The zero-order chi connectivity index (χ0) is 6.85. The summed E-state index contributed by atoms with van der Waals surface area (Å²) in [6.45, 7) is 10.4. The topological polar surface area (TPSA) is 9.23 Å². The van der Waals surface area contributed by atoms with Crippen LogP contribution in [0.1, 0.15) is 13.3 Å². The molecule has 9 heavy (non-hydrogen) atoms. The lowest BCUT2D eigenvalue weighted by Gasteiger charge is -2.22. The van der Waals surface area contributed by atoms with E-state index >= 15 is 0 Å². The Kier molecular flexibility index (Phi) is 1.72. The van der Waals surface area contributed by atoms with Gasteiger partial charge in [0.05, 0.1) is 12.7 Å². The number of hydrogen-bond acceptors (Lipinski definition) is 1. The Morgan fingerprint density at radius 2 is 2.11 bits per heavy atom. The maximum Gasteiger partial charge on any atom is 0.0717 e. The van der Waals surface area contributed by atoms with Crippen LogP contribution >= 0.6 is 0 Å². The van der Waals surface area contributed by atoms with Gasteiger partial charge in [-0.05, 0) is 24.5 Å². The van der Waals surface area contributed by atoms with Crippen molar-refractivity contribution in [2.24, 2.45) is 0 Å². The number of hydrogen-bond donors (Lipinski definition) is 0. The molecule has 50 valence electrons. The van der Waals surface area contributed by atoms with E-state index < -0.39 is 0 Å². The summed E-state index contributed by atoms with van der Waals surface area (Å²) >= 11 is 0. The molecule has 1 aliphatic rings. The van der Waals surface area contributed by atoms with Crippen molar-refractivity contribution in [3.63, 3.8) is 0 Å². The summed E-state index contributed by atoms with van der Waals surface area (Å²) in [4.78, 5) is 0. The van der Waals surface area contributed by atoms with E-state index in [9.17, 15) is 0 Å².